The van der Waals surface area contributed by atoms with Crippen LogP contribution in [0, 0.1) is 6.92 Å². The van der Waals surface area contributed by atoms with Gasteiger partial charge in [0, 0.05) is 15.8 Å². The highest BCUT2D eigenvalue weighted by molar-refractivity contribution is 8.01. The number of carboxylic acids is 1. The second-order valence-corrected chi connectivity index (χ2v) is 8.15. The number of carbonyl (C=O) groups excluding carboxylic acids is 1. The molecule has 2 aliphatic rings. The largest absolute Gasteiger partial charge is 0.480 e. The highest BCUT2D eigenvalue weighted by Gasteiger charge is 2.45. The molecule has 1 aliphatic heterocycles. The maximum Gasteiger partial charge on any atom is 0.319 e. The molecule has 2 atom stereocenters. The van der Waals surface area contributed by atoms with Crippen molar-refractivity contribution >= 4 is 35.0 Å². The van der Waals surface area contributed by atoms with Gasteiger partial charge in [-0.25, -0.2) is 0 Å². The Labute approximate surface area is 132 Å². The predicted octanol–water partition coefficient (Wildman–Crippen LogP) is 3.07. The minimum atomic E-state index is -0.813. The van der Waals surface area contributed by atoms with Crippen LogP contribution in [0.15, 0.2) is 12.1 Å². The van der Waals surface area contributed by atoms with E-state index in [0.29, 0.717) is 0 Å². The molecule has 0 radical (unpaired) electrons. The molecular formula is C15H19NO3S2. The number of nitrogens with zero attached hydrogens (tertiary/aromatic N) is 1. The number of rotatable bonds is 3. The van der Waals surface area contributed by atoms with Gasteiger partial charge >= 0.3 is 5.97 Å². The van der Waals surface area contributed by atoms with Gasteiger partial charge in [-0.2, -0.15) is 0 Å². The van der Waals surface area contributed by atoms with E-state index < -0.39 is 11.2 Å². The molecule has 21 heavy (non-hydrogen) atoms. The zero-order valence-corrected chi connectivity index (χ0v) is 13.6. The molecule has 1 aliphatic carbocycles. The number of thiophene rings is 1. The Morgan fingerprint density at radius 2 is 2.05 bits per heavy atom. The Hall–Kier alpha value is -1.01. The second-order valence-electron chi connectivity index (χ2n) is 5.70. The van der Waals surface area contributed by atoms with E-state index in [0.717, 1.165) is 35.4 Å². The van der Waals surface area contributed by atoms with E-state index >= 15 is 0 Å². The van der Waals surface area contributed by atoms with Crippen molar-refractivity contribution in [3.63, 3.8) is 0 Å². The maximum atomic E-state index is 12.5. The quantitative estimate of drug-likeness (QED) is 0.928. The summed E-state index contributed by atoms with van der Waals surface area (Å²) in [6.07, 6.45) is 4.28. The van der Waals surface area contributed by atoms with Crippen molar-refractivity contribution in [2.75, 3.05) is 5.75 Å². The normalized spacial score (nSPS) is 27.3. The van der Waals surface area contributed by atoms with Crippen molar-refractivity contribution in [2.45, 2.75) is 49.9 Å². The zero-order valence-electron chi connectivity index (χ0n) is 11.9. The van der Waals surface area contributed by atoms with Crippen molar-refractivity contribution in [3.05, 3.63) is 21.9 Å². The van der Waals surface area contributed by atoms with E-state index in [1.807, 2.05) is 24.0 Å². The fourth-order valence-electron chi connectivity index (χ4n) is 3.35. The van der Waals surface area contributed by atoms with Gasteiger partial charge in [0.05, 0.1) is 11.8 Å². The van der Waals surface area contributed by atoms with Crippen LogP contribution < -0.4 is 0 Å². The van der Waals surface area contributed by atoms with Gasteiger partial charge in [-0.05, 0) is 31.9 Å². The first kappa shape index (κ1) is 14.9. The molecule has 1 aromatic rings. The highest BCUT2D eigenvalue weighted by atomic mass is 32.2. The lowest BCUT2D eigenvalue weighted by Gasteiger charge is -2.42. The van der Waals surface area contributed by atoms with Crippen molar-refractivity contribution in [2.24, 2.45) is 0 Å². The first-order chi connectivity index (χ1) is 10.1. The average Bonchev–Trinajstić information content (AvgIpc) is 3.09. The van der Waals surface area contributed by atoms with Crippen molar-refractivity contribution < 1.29 is 14.7 Å². The van der Waals surface area contributed by atoms with Gasteiger partial charge in [0.25, 0.3) is 0 Å². The van der Waals surface area contributed by atoms with Crippen LogP contribution in [0.1, 0.15) is 41.5 Å². The van der Waals surface area contributed by atoms with E-state index in [1.54, 1.807) is 11.3 Å². The summed E-state index contributed by atoms with van der Waals surface area (Å²) in [5, 5.41) is 9.02. The number of carboxylic acid groups (broad SMARTS) is 1. The van der Waals surface area contributed by atoms with Crippen LogP contribution in [0.5, 0.6) is 0 Å². The molecule has 0 aromatic carbocycles. The fraction of sp³-hybridized carbons (Fsp3) is 0.600. The van der Waals surface area contributed by atoms with Crippen LogP contribution in [0.25, 0.3) is 0 Å². The van der Waals surface area contributed by atoms with Crippen LogP contribution in [0.4, 0.5) is 0 Å². The summed E-state index contributed by atoms with van der Waals surface area (Å²) in [4.78, 5) is 28.2. The van der Waals surface area contributed by atoms with E-state index in [-0.39, 0.29) is 23.7 Å². The van der Waals surface area contributed by atoms with Crippen LogP contribution in [-0.4, -0.2) is 38.9 Å². The van der Waals surface area contributed by atoms with Crippen molar-refractivity contribution in [1.82, 2.24) is 4.90 Å². The Kier molecular flexibility index (Phi) is 4.26. The third kappa shape index (κ3) is 2.83. The van der Waals surface area contributed by atoms with Gasteiger partial charge in [-0.3, -0.25) is 9.59 Å². The van der Waals surface area contributed by atoms with Crippen LogP contribution in [0.3, 0.4) is 0 Å². The third-order valence-corrected chi connectivity index (χ3v) is 6.58. The summed E-state index contributed by atoms with van der Waals surface area (Å²) in [5.74, 6) is -0.430. The Bertz CT molecular complexity index is 551. The number of thioether (sulfide) groups is 1. The van der Waals surface area contributed by atoms with Gasteiger partial charge in [0.15, 0.2) is 0 Å². The number of aliphatic carboxylic acids is 1. The molecule has 2 fully saturated rings. The molecule has 114 valence electrons. The first-order valence-corrected chi connectivity index (χ1v) is 9.16. The first-order valence-electron chi connectivity index (χ1n) is 7.30. The van der Waals surface area contributed by atoms with Gasteiger partial charge in [0.2, 0.25) is 5.91 Å². The zero-order chi connectivity index (χ0) is 15.0. The monoisotopic (exact) mass is 325 g/mol. The topological polar surface area (TPSA) is 57.6 Å². The Morgan fingerprint density at radius 3 is 2.62 bits per heavy atom. The summed E-state index contributed by atoms with van der Waals surface area (Å²) < 4.78 is 0. The Balaban J connectivity index is 1.99. The van der Waals surface area contributed by atoms with E-state index in [9.17, 15) is 14.7 Å². The SMILES string of the molecule is Cc1ccc([C@@H]2[C@@H](C(=O)O)SCC(=O)N2C2CCCC2)s1. The number of hydrogen-bond donors (Lipinski definition) is 1. The molecule has 1 aromatic heterocycles. The highest BCUT2D eigenvalue weighted by Crippen LogP contribution is 2.43. The number of aryl methyl sites for hydroxylation is 1. The number of amides is 1. The summed E-state index contributed by atoms with van der Waals surface area (Å²) in [5.41, 5.74) is 0. The minimum Gasteiger partial charge on any atom is -0.480 e. The number of carbonyl (C=O) groups is 2. The van der Waals surface area contributed by atoms with Crippen LogP contribution in [-0.2, 0) is 9.59 Å². The summed E-state index contributed by atoms with van der Waals surface area (Å²) >= 11 is 2.88. The standard InChI is InChI=1S/C15H19NO3S2/c1-9-6-7-11(21-9)13-14(15(18)19)20-8-12(17)16(13)10-4-2-3-5-10/h6-7,10,13-14H,2-5,8H2,1H3,(H,18,19)/t13-,14+/m1/s1. The lowest BCUT2D eigenvalue weighted by atomic mass is 10.0. The minimum absolute atomic E-state index is 0.0976. The molecule has 1 saturated heterocycles. The van der Waals surface area contributed by atoms with E-state index in [4.69, 9.17) is 0 Å². The summed E-state index contributed by atoms with van der Waals surface area (Å²) in [6, 6.07) is 3.90. The van der Waals surface area contributed by atoms with Gasteiger partial charge in [0.1, 0.15) is 5.25 Å². The Morgan fingerprint density at radius 1 is 1.33 bits per heavy atom. The van der Waals surface area contributed by atoms with Crippen LogP contribution in [0.2, 0.25) is 0 Å². The maximum absolute atomic E-state index is 12.5. The lowest BCUT2D eigenvalue weighted by molar-refractivity contribution is -0.141. The van der Waals surface area contributed by atoms with E-state index in [2.05, 4.69) is 0 Å². The molecule has 4 nitrogen and oxygen atoms in total. The molecule has 2 heterocycles. The van der Waals surface area contributed by atoms with Gasteiger partial charge < -0.3 is 10.0 Å². The van der Waals surface area contributed by atoms with Gasteiger partial charge in [-0.15, -0.1) is 23.1 Å². The smallest absolute Gasteiger partial charge is 0.319 e. The molecule has 0 spiro atoms. The van der Waals surface area contributed by atoms with E-state index in [1.165, 1.54) is 11.8 Å². The summed E-state index contributed by atoms with van der Waals surface area (Å²) in [6.45, 7) is 2.02. The predicted molar refractivity (Wildman–Crippen MR) is 84.8 cm³/mol. The molecule has 0 unspecified atom stereocenters. The molecular weight excluding hydrogens is 306 g/mol. The number of hydrogen-bond acceptors (Lipinski definition) is 4. The van der Waals surface area contributed by atoms with Crippen molar-refractivity contribution in [3.8, 4) is 0 Å². The molecule has 1 amide bonds. The average molecular weight is 325 g/mol. The second kappa shape index (κ2) is 6.01. The molecule has 0 bridgehead atoms. The molecule has 1 saturated carbocycles. The van der Waals surface area contributed by atoms with Crippen molar-refractivity contribution in [1.29, 1.82) is 0 Å². The molecule has 6 heteroatoms. The third-order valence-electron chi connectivity index (χ3n) is 4.27. The fourth-order valence-corrected chi connectivity index (χ4v) is 5.52. The summed E-state index contributed by atoms with van der Waals surface area (Å²) in [7, 11) is 0. The molecule has 3 rings (SSSR count). The molecule has 1 N–H and O–H groups in total. The van der Waals surface area contributed by atoms with Gasteiger partial charge in [-0.1, -0.05) is 12.8 Å². The lowest BCUT2D eigenvalue weighted by Crippen LogP contribution is -2.51. The van der Waals surface area contributed by atoms with Crippen LogP contribution >= 0.6 is 23.1 Å².